The second kappa shape index (κ2) is 10.8. The quantitative estimate of drug-likeness (QED) is 0.243. The molecule has 1 fully saturated rings. The van der Waals surface area contributed by atoms with E-state index in [1.54, 1.807) is 7.05 Å². The number of aliphatic imine (C=N–C) groups is 1. The van der Waals surface area contributed by atoms with Gasteiger partial charge in [0.25, 0.3) is 0 Å². The molecule has 4 N–H and O–H groups in total. The molecule has 1 atom stereocenters. The van der Waals surface area contributed by atoms with Crippen LogP contribution in [0.25, 0.3) is 10.9 Å². The van der Waals surface area contributed by atoms with Crippen LogP contribution in [-0.2, 0) is 21.1 Å². The first-order valence-electron chi connectivity index (χ1n) is 9.46. The topological polar surface area (TPSA) is 115 Å². The number of carbonyl (C=O) groups is 1. The second-order valence-electron chi connectivity index (χ2n) is 6.95. The van der Waals surface area contributed by atoms with Crippen LogP contribution < -0.4 is 16.0 Å². The van der Waals surface area contributed by atoms with Crippen molar-refractivity contribution in [3.05, 3.63) is 36.0 Å². The summed E-state index contributed by atoms with van der Waals surface area (Å²) in [7, 11) is -1.30. The predicted octanol–water partition coefficient (Wildman–Crippen LogP) is 1.19. The summed E-state index contributed by atoms with van der Waals surface area (Å²) in [5.41, 5.74) is 2.37. The van der Waals surface area contributed by atoms with Gasteiger partial charge < -0.3 is 20.9 Å². The van der Waals surface area contributed by atoms with Gasteiger partial charge in [-0.15, -0.1) is 24.0 Å². The number of fused-ring (bicyclic) bond motifs is 1. The van der Waals surface area contributed by atoms with Gasteiger partial charge in [-0.25, -0.2) is 8.42 Å². The Morgan fingerprint density at radius 3 is 2.72 bits per heavy atom. The fraction of sp³-hybridized carbons (Fsp3) is 0.474. The van der Waals surface area contributed by atoms with E-state index in [4.69, 9.17) is 0 Å². The molecule has 1 aromatic heterocycles. The Hall–Kier alpha value is -1.82. The molecule has 8 nitrogen and oxygen atoms in total. The number of para-hydroxylation sites is 1. The third-order valence-electron chi connectivity index (χ3n) is 4.83. The van der Waals surface area contributed by atoms with E-state index in [0.717, 1.165) is 11.9 Å². The van der Waals surface area contributed by atoms with Gasteiger partial charge in [0.15, 0.2) is 15.8 Å². The molecule has 2 heterocycles. The Kier molecular flexibility index (Phi) is 8.75. The van der Waals surface area contributed by atoms with Gasteiger partial charge in [-0.2, -0.15) is 0 Å². The molecule has 1 aliphatic rings. The van der Waals surface area contributed by atoms with Gasteiger partial charge >= 0.3 is 0 Å². The number of halogens is 1. The number of benzene rings is 1. The van der Waals surface area contributed by atoms with Crippen LogP contribution in [0.4, 0.5) is 0 Å². The maximum Gasteiger partial charge on any atom is 0.222 e. The predicted molar refractivity (Wildman–Crippen MR) is 127 cm³/mol. The monoisotopic (exact) mass is 533 g/mol. The molecular weight excluding hydrogens is 505 g/mol. The number of hydrogen-bond donors (Lipinski definition) is 4. The lowest BCUT2D eigenvalue weighted by molar-refractivity contribution is -0.121. The number of nitrogens with one attached hydrogen (secondary N) is 4. The molecule has 160 valence electrons. The smallest absolute Gasteiger partial charge is 0.222 e. The lowest BCUT2D eigenvalue weighted by Gasteiger charge is -2.13. The maximum absolute atomic E-state index is 12.0. The first kappa shape index (κ1) is 23.5. The molecule has 1 unspecified atom stereocenters. The van der Waals surface area contributed by atoms with Crippen molar-refractivity contribution in [1.29, 1.82) is 0 Å². The van der Waals surface area contributed by atoms with Gasteiger partial charge in [-0.05, 0) is 24.5 Å². The molecular formula is C19H28IN5O3S. The minimum atomic E-state index is -2.98. The number of H-pyrrole nitrogens is 1. The SMILES string of the molecule is CN=C(NCCC(=O)NC1CCS(=O)(=O)C1)NCCc1c[nH]c2ccccc12.I. The molecule has 0 radical (unpaired) electrons. The van der Waals surface area contributed by atoms with Crippen molar-refractivity contribution in [3.63, 3.8) is 0 Å². The molecule has 0 saturated carbocycles. The molecule has 1 amide bonds. The maximum atomic E-state index is 12.0. The highest BCUT2D eigenvalue weighted by Crippen LogP contribution is 2.17. The summed E-state index contributed by atoms with van der Waals surface area (Å²) >= 11 is 0. The Bertz CT molecular complexity index is 958. The van der Waals surface area contributed by atoms with Gasteiger partial charge in [0.05, 0.1) is 11.5 Å². The van der Waals surface area contributed by atoms with E-state index in [0.29, 0.717) is 25.5 Å². The van der Waals surface area contributed by atoms with Crippen molar-refractivity contribution in [2.45, 2.75) is 25.3 Å². The molecule has 0 aliphatic carbocycles. The van der Waals surface area contributed by atoms with E-state index in [1.807, 2.05) is 18.3 Å². The number of amides is 1. The van der Waals surface area contributed by atoms with E-state index in [9.17, 15) is 13.2 Å². The van der Waals surface area contributed by atoms with Gasteiger partial charge in [0.2, 0.25) is 5.91 Å². The lowest BCUT2D eigenvalue weighted by Crippen LogP contribution is -2.41. The van der Waals surface area contributed by atoms with Crippen LogP contribution in [0.2, 0.25) is 0 Å². The summed E-state index contributed by atoms with van der Waals surface area (Å²) in [4.78, 5) is 19.4. The number of sulfone groups is 1. The third kappa shape index (κ3) is 6.88. The number of aromatic nitrogens is 1. The average molecular weight is 533 g/mol. The summed E-state index contributed by atoms with van der Waals surface area (Å²) in [5, 5.41) is 10.4. The zero-order valence-electron chi connectivity index (χ0n) is 16.4. The highest BCUT2D eigenvalue weighted by molar-refractivity contribution is 14.0. The van der Waals surface area contributed by atoms with Gasteiger partial charge in [-0.3, -0.25) is 9.79 Å². The van der Waals surface area contributed by atoms with Crippen molar-refractivity contribution in [2.24, 2.45) is 4.99 Å². The van der Waals surface area contributed by atoms with Crippen LogP contribution in [0.5, 0.6) is 0 Å². The van der Waals surface area contributed by atoms with Crippen LogP contribution in [0.3, 0.4) is 0 Å². The molecule has 2 aromatic rings. The summed E-state index contributed by atoms with van der Waals surface area (Å²) in [6.07, 6.45) is 3.63. The van der Waals surface area contributed by atoms with E-state index in [-0.39, 0.29) is 53.9 Å². The first-order valence-corrected chi connectivity index (χ1v) is 11.3. The van der Waals surface area contributed by atoms with Crippen LogP contribution in [0.15, 0.2) is 35.5 Å². The van der Waals surface area contributed by atoms with Crippen LogP contribution in [0.1, 0.15) is 18.4 Å². The normalized spacial score (nSPS) is 18.2. The number of carbonyl (C=O) groups excluding carboxylic acids is 1. The average Bonchev–Trinajstić information content (AvgIpc) is 3.23. The van der Waals surface area contributed by atoms with Crippen molar-refractivity contribution in [2.75, 3.05) is 31.6 Å². The minimum absolute atomic E-state index is 0. The molecule has 0 spiro atoms. The summed E-state index contributed by atoms with van der Waals surface area (Å²) in [6, 6.07) is 7.93. The van der Waals surface area contributed by atoms with E-state index >= 15 is 0 Å². The van der Waals surface area contributed by atoms with E-state index in [2.05, 4.69) is 38.1 Å². The fourth-order valence-electron chi connectivity index (χ4n) is 3.38. The van der Waals surface area contributed by atoms with Crippen LogP contribution >= 0.6 is 24.0 Å². The Morgan fingerprint density at radius 2 is 2.00 bits per heavy atom. The highest BCUT2D eigenvalue weighted by Gasteiger charge is 2.28. The minimum Gasteiger partial charge on any atom is -0.361 e. The summed E-state index contributed by atoms with van der Waals surface area (Å²) < 4.78 is 22.9. The van der Waals surface area contributed by atoms with Gasteiger partial charge in [-0.1, -0.05) is 18.2 Å². The number of hydrogen-bond acceptors (Lipinski definition) is 4. The number of nitrogens with zero attached hydrogens (tertiary/aromatic N) is 1. The van der Waals surface area contributed by atoms with Crippen LogP contribution in [-0.4, -0.2) is 63.0 Å². The molecule has 1 aliphatic heterocycles. The molecule has 29 heavy (non-hydrogen) atoms. The van der Waals surface area contributed by atoms with Crippen molar-refractivity contribution in [1.82, 2.24) is 20.9 Å². The number of rotatable bonds is 7. The van der Waals surface area contributed by atoms with E-state index in [1.165, 1.54) is 10.9 Å². The van der Waals surface area contributed by atoms with Crippen molar-refractivity contribution in [3.8, 4) is 0 Å². The Morgan fingerprint density at radius 1 is 1.24 bits per heavy atom. The zero-order chi connectivity index (χ0) is 20.0. The van der Waals surface area contributed by atoms with Crippen molar-refractivity contribution < 1.29 is 13.2 Å². The molecule has 1 saturated heterocycles. The Labute approximate surface area is 188 Å². The third-order valence-corrected chi connectivity index (χ3v) is 6.60. The molecule has 10 heteroatoms. The molecule has 1 aromatic carbocycles. The number of aromatic amines is 1. The highest BCUT2D eigenvalue weighted by atomic mass is 127. The lowest BCUT2D eigenvalue weighted by atomic mass is 10.1. The van der Waals surface area contributed by atoms with Gasteiger partial charge in [0.1, 0.15) is 0 Å². The zero-order valence-corrected chi connectivity index (χ0v) is 19.5. The first-order chi connectivity index (χ1) is 13.5. The van der Waals surface area contributed by atoms with Crippen LogP contribution in [0, 0.1) is 0 Å². The van der Waals surface area contributed by atoms with Crippen molar-refractivity contribution >= 4 is 56.6 Å². The standard InChI is InChI=1S/C19H27N5O3S.HI/c1-20-19(21-9-6-14-12-23-17-5-3-2-4-16(14)17)22-10-7-18(25)24-15-8-11-28(26,27)13-15;/h2-5,12,15,23H,6-11,13H2,1H3,(H,24,25)(H2,20,21,22);1H. The summed E-state index contributed by atoms with van der Waals surface area (Å²) in [6.45, 7) is 1.14. The molecule has 3 rings (SSSR count). The fourth-order valence-corrected chi connectivity index (χ4v) is 5.05. The molecule has 0 bridgehead atoms. The van der Waals surface area contributed by atoms with E-state index < -0.39 is 9.84 Å². The largest absolute Gasteiger partial charge is 0.361 e. The Balaban J connectivity index is 0.00000300. The van der Waals surface area contributed by atoms with Gasteiger partial charge in [0, 0.05) is 49.7 Å². The summed E-state index contributed by atoms with van der Waals surface area (Å²) in [5.74, 6) is 0.687. The second-order valence-corrected chi connectivity index (χ2v) is 9.18. The number of guanidine groups is 1.